The third-order valence-corrected chi connectivity index (χ3v) is 8.85. The number of morpholine rings is 1. The zero-order chi connectivity index (χ0) is 25.8. The van der Waals surface area contributed by atoms with Crippen LogP contribution in [0.5, 0.6) is 0 Å². The van der Waals surface area contributed by atoms with Crippen LogP contribution in [0.4, 0.5) is 9.80 Å². The number of fused-ring (bicyclic) bond motifs is 1. The third-order valence-electron chi connectivity index (χ3n) is 7.77. The van der Waals surface area contributed by atoms with Crippen LogP contribution in [0.2, 0.25) is 0 Å². The van der Waals surface area contributed by atoms with Gasteiger partial charge in [0.1, 0.15) is 5.00 Å². The number of urea groups is 1. The molecule has 0 aliphatic carbocycles. The standard InChI is InChI=1S/C27H37N5O4S.ClH/c1-2-28-27(35)29-24-23(21-7-3-4-8-22(21)37-24)26(34)30-12-9-20(10-13-30)32-11-5-6-19(18-32)25(33)31-14-16-36-17-15-31;/h3-4,7-8,19-20H,2,5-6,9-18H2,1H3,(H2,28,29,35);1H. The molecular formula is C27H38ClN5O4S. The Kier molecular flexibility index (Phi) is 9.86. The van der Waals surface area contributed by atoms with E-state index in [4.69, 9.17) is 4.74 Å². The zero-order valence-electron chi connectivity index (χ0n) is 21.9. The molecule has 5 rings (SSSR count). The molecule has 1 aromatic heterocycles. The fourth-order valence-corrected chi connectivity index (χ4v) is 6.92. The van der Waals surface area contributed by atoms with Gasteiger partial charge in [-0.15, -0.1) is 23.7 Å². The van der Waals surface area contributed by atoms with Gasteiger partial charge in [0, 0.05) is 55.4 Å². The van der Waals surface area contributed by atoms with Crippen LogP contribution in [0, 0.1) is 5.92 Å². The topological polar surface area (TPSA) is 94.2 Å². The largest absolute Gasteiger partial charge is 0.378 e. The van der Waals surface area contributed by atoms with E-state index < -0.39 is 0 Å². The van der Waals surface area contributed by atoms with Crippen molar-refractivity contribution < 1.29 is 19.1 Å². The Bertz CT molecular complexity index is 1130. The summed E-state index contributed by atoms with van der Waals surface area (Å²) in [6, 6.07) is 7.90. The number of likely N-dealkylation sites (tertiary alicyclic amines) is 2. The summed E-state index contributed by atoms with van der Waals surface area (Å²) in [7, 11) is 0. The predicted octanol–water partition coefficient (Wildman–Crippen LogP) is 3.64. The fourth-order valence-electron chi connectivity index (χ4n) is 5.83. The number of hydrogen-bond donors (Lipinski definition) is 2. The third kappa shape index (κ3) is 6.25. The number of nitrogens with one attached hydrogen (secondary N) is 2. The molecule has 2 N–H and O–H groups in total. The summed E-state index contributed by atoms with van der Waals surface area (Å²) in [5.41, 5.74) is 0.583. The van der Waals surface area contributed by atoms with Crippen molar-refractivity contribution in [1.82, 2.24) is 20.0 Å². The van der Waals surface area contributed by atoms with Crippen LogP contribution in [0.15, 0.2) is 24.3 Å². The summed E-state index contributed by atoms with van der Waals surface area (Å²) in [6.07, 6.45) is 3.78. The van der Waals surface area contributed by atoms with E-state index in [0.29, 0.717) is 62.5 Å². The van der Waals surface area contributed by atoms with E-state index in [9.17, 15) is 14.4 Å². The second kappa shape index (κ2) is 13.1. The van der Waals surface area contributed by atoms with Crippen molar-refractivity contribution in [2.24, 2.45) is 5.92 Å². The van der Waals surface area contributed by atoms with Crippen LogP contribution < -0.4 is 10.6 Å². The Morgan fingerprint density at radius 1 is 1.00 bits per heavy atom. The number of anilines is 1. The number of nitrogens with zero attached hydrogens (tertiary/aromatic N) is 3. The maximum absolute atomic E-state index is 13.7. The minimum absolute atomic E-state index is 0. The van der Waals surface area contributed by atoms with E-state index in [2.05, 4.69) is 15.5 Å². The van der Waals surface area contributed by atoms with Crippen LogP contribution in [-0.4, -0.2) is 97.6 Å². The fraction of sp³-hybridized carbons (Fsp3) is 0.593. The number of thiophene rings is 1. The molecule has 3 saturated heterocycles. The van der Waals surface area contributed by atoms with Gasteiger partial charge in [0.25, 0.3) is 5.91 Å². The molecule has 1 unspecified atom stereocenters. The molecule has 208 valence electrons. The number of benzene rings is 1. The Morgan fingerprint density at radius 3 is 2.47 bits per heavy atom. The van der Waals surface area contributed by atoms with Crippen LogP contribution in [0.25, 0.3) is 10.1 Å². The summed E-state index contributed by atoms with van der Waals surface area (Å²) < 4.78 is 6.39. The van der Waals surface area contributed by atoms with E-state index in [0.717, 1.165) is 48.9 Å². The number of amides is 4. The van der Waals surface area contributed by atoms with E-state index in [1.165, 1.54) is 11.3 Å². The van der Waals surface area contributed by atoms with Gasteiger partial charge < -0.3 is 19.9 Å². The lowest BCUT2D eigenvalue weighted by atomic mass is 9.92. The lowest BCUT2D eigenvalue weighted by Gasteiger charge is -2.43. The second-order valence-electron chi connectivity index (χ2n) is 10.1. The predicted molar refractivity (Wildman–Crippen MR) is 152 cm³/mol. The maximum Gasteiger partial charge on any atom is 0.319 e. The number of halogens is 1. The van der Waals surface area contributed by atoms with Crippen molar-refractivity contribution in [3.8, 4) is 0 Å². The summed E-state index contributed by atoms with van der Waals surface area (Å²) in [4.78, 5) is 45.4. The second-order valence-corrected chi connectivity index (χ2v) is 11.1. The molecule has 2 aromatic rings. The lowest BCUT2D eigenvalue weighted by molar-refractivity contribution is -0.141. The molecule has 0 saturated carbocycles. The molecule has 11 heteroatoms. The average Bonchev–Trinajstić information content (AvgIpc) is 3.30. The van der Waals surface area contributed by atoms with Crippen LogP contribution >= 0.6 is 23.7 Å². The van der Waals surface area contributed by atoms with Crippen molar-refractivity contribution >= 4 is 56.7 Å². The monoisotopic (exact) mass is 563 g/mol. The smallest absolute Gasteiger partial charge is 0.319 e. The maximum atomic E-state index is 13.7. The normalized spacial score (nSPS) is 21.1. The minimum atomic E-state index is -0.298. The Morgan fingerprint density at radius 2 is 1.74 bits per heavy atom. The SMILES string of the molecule is CCNC(=O)Nc1sc2ccccc2c1C(=O)N1CCC(N2CCCC(C(=O)N3CCOCC3)C2)CC1.Cl. The molecule has 3 fully saturated rings. The van der Waals surface area contributed by atoms with E-state index >= 15 is 0 Å². The van der Waals surface area contributed by atoms with Gasteiger partial charge >= 0.3 is 6.03 Å². The molecule has 38 heavy (non-hydrogen) atoms. The quantitative estimate of drug-likeness (QED) is 0.579. The highest BCUT2D eigenvalue weighted by molar-refractivity contribution is 7.23. The number of ether oxygens (including phenoxy) is 1. The number of carbonyl (C=O) groups is 3. The Hall–Kier alpha value is -2.40. The molecule has 4 amide bonds. The summed E-state index contributed by atoms with van der Waals surface area (Å²) in [5.74, 6) is 0.311. The number of piperidine rings is 2. The first-order valence-electron chi connectivity index (χ1n) is 13.5. The number of carbonyl (C=O) groups excluding carboxylic acids is 3. The number of rotatable bonds is 5. The first-order chi connectivity index (χ1) is 18.0. The zero-order valence-corrected chi connectivity index (χ0v) is 23.6. The van der Waals surface area contributed by atoms with Gasteiger partial charge in [-0.3, -0.25) is 19.8 Å². The molecule has 0 spiro atoms. The molecule has 0 radical (unpaired) electrons. The number of hydrogen-bond acceptors (Lipinski definition) is 6. The van der Waals surface area contributed by atoms with Gasteiger partial charge in [-0.05, 0) is 45.2 Å². The Balaban J connectivity index is 0.00000336. The first-order valence-corrected chi connectivity index (χ1v) is 14.3. The van der Waals surface area contributed by atoms with E-state index in [1.54, 1.807) is 0 Å². The lowest BCUT2D eigenvalue weighted by Crippen LogP contribution is -2.53. The Labute approximate surface area is 234 Å². The van der Waals surface area contributed by atoms with Gasteiger partial charge in [0.05, 0.1) is 24.7 Å². The minimum Gasteiger partial charge on any atom is -0.378 e. The van der Waals surface area contributed by atoms with Gasteiger partial charge in [0.15, 0.2) is 0 Å². The molecule has 3 aliphatic rings. The molecular weight excluding hydrogens is 526 g/mol. The highest BCUT2D eigenvalue weighted by atomic mass is 35.5. The van der Waals surface area contributed by atoms with Crippen molar-refractivity contribution in [3.63, 3.8) is 0 Å². The highest BCUT2D eigenvalue weighted by Gasteiger charge is 2.35. The van der Waals surface area contributed by atoms with Gasteiger partial charge in [-0.2, -0.15) is 0 Å². The summed E-state index contributed by atoms with van der Waals surface area (Å²) in [5, 5.41) is 7.12. The van der Waals surface area contributed by atoms with Gasteiger partial charge in [-0.1, -0.05) is 18.2 Å². The van der Waals surface area contributed by atoms with Crippen LogP contribution in [-0.2, 0) is 9.53 Å². The summed E-state index contributed by atoms with van der Waals surface area (Å²) >= 11 is 1.44. The van der Waals surface area contributed by atoms with E-state index in [1.807, 2.05) is 41.0 Å². The summed E-state index contributed by atoms with van der Waals surface area (Å²) in [6.45, 7) is 8.22. The van der Waals surface area contributed by atoms with Crippen molar-refractivity contribution in [2.45, 2.75) is 38.6 Å². The average molecular weight is 564 g/mol. The van der Waals surface area contributed by atoms with Crippen LogP contribution in [0.3, 0.4) is 0 Å². The van der Waals surface area contributed by atoms with Crippen molar-refractivity contribution in [3.05, 3.63) is 29.8 Å². The van der Waals surface area contributed by atoms with Crippen molar-refractivity contribution in [2.75, 3.05) is 64.3 Å². The molecule has 1 atom stereocenters. The van der Waals surface area contributed by atoms with Gasteiger partial charge in [0.2, 0.25) is 5.91 Å². The molecule has 3 aliphatic heterocycles. The first kappa shape index (κ1) is 28.6. The van der Waals surface area contributed by atoms with Gasteiger partial charge in [-0.25, -0.2) is 4.79 Å². The molecule has 9 nitrogen and oxygen atoms in total. The van der Waals surface area contributed by atoms with E-state index in [-0.39, 0.29) is 36.2 Å². The highest BCUT2D eigenvalue weighted by Crippen LogP contribution is 2.37. The molecule has 4 heterocycles. The van der Waals surface area contributed by atoms with Crippen molar-refractivity contribution in [1.29, 1.82) is 0 Å². The molecule has 1 aromatic carbocycles. The molecule has 0 bridgehead atoms. The van der Waals surface area contributed by atoms with Crippen LogP contribution in [0.1, 0.15) is 43.0 Å².